The first-order chi connectivity index (χ1) is 8.31. The van der Waals surface area contributed by atoms with Crippen LogP contribution < -0.4 is 0 Å². The summed E-state index contributed by atoms with van der Waals surface area (Å²) in [5.74, 6) is 0.106. The molecule has 4 heteroatoms. The Balaban J connectivity index is 1.91. The molecule has 1 aliphatic rings. The molecule has 1 fully saturated rings. The second-order valence-corrected chi connectivity index (χ2v) is 4.22. The van der Waals surface area contributed by atoms with Crippen molar-refractivity contribution in [2.75, 3.05) is 39.3 Å². The van der Waals surface area contributed by atoms with Crippen LogP contribution in [0.3, 0.4) is 0 Å². The lowest BCUT2D eigenvalue weighted by Crippen LogP contribution is -2.49. The summed E-state index contributed by atoms with van der Waals surface area (Å²) in [6.07, 6.45) is 0. The number of rotatable bonds is 3. The molecule has 1 saturated heterocycles. The molecule has 17 heavy (non-hydrogen) atoms. The molecular weight excluding hydrogens is 216 g/mol. The maximum atomic E-state index is 12.1. The monoisotopic (exact) mass is 234 g/mol. The van der Waals surface area contributed by atoms with Gasteiger partial charge in [-0.25, -0.2) is 0 Å². The van der Waals surface area contributed by atoms with E-state index in [1.807, 2.05) is 35.2 Å². The quantitative estimate of drug-likeness (QED) is 0.825. The minimum absolute atomic E-state index is 0.106. The van der Waals surface area contributed by atoms with Gasteiger partial charge in [0.15, 0.2) is 0 Å². The SMILES string of the molecule is O=C(c1ccccc1)N1CCN(CCO)CC1. The summed E-state index contributed by atoms with van der Waals surface area (Å²) in [5.41, 5.74) is 0.753. The molecule has 0 bridgehead atoms. The van der Waals surface area contributed by atoms with E-state index in [2.05, 4.69) is 4.90 Å². The van der Waals surface area contributed by atoms with E-state index < -0.39 is 0 Å². The van der Waals surface area contributed by atoms with Gasteiger partial charge in [-0.1, -0.05) is 18.2 Å². The summed E-state index contributed by atoms with van der Waals surface area (Å²) < 4.78 is 0. The van der Waals surface area contributed by atoms with Gasteiger partial charge in [0.05, 0.1) is 6.61 Å². The molecule has 0 unspecified atom stereocenters. The van der Waals surface area contributed by atoms with Crippen LogP contribution in [0.15, 0.2) is 30.3 Å². The number of aliphatic hydroxyl groups excluding tert-OH is 1. The number of nitrogens with zero attached hydrogens (tertiary/aromatic N) is 2. The van der Waals surface area contributed by atoms with Crippen molar-refractivity contribution in [1.29, 1.82) is 0 Å². The molecule has 1 aromatic rings. The van der Waals surface area contributed by atoms with E-state index in [0.717, 1.165) is 31.7 Å². The number of hydrogen-bond donors (Lipinski definition) is 1. The highest BCUT2D eigenvalue weighted by atomic mass is 16.3. The standard InChI is InChI=1S/C13H18N2O2/c16-11-10-14-6-8-15(9-7-14)13(17)12-4-2-1-3-5-12/h1-5,16H,6-11H2. The molecule has 1 aliphatic heterocycles. The molecule has 1 amide bonds. The lowest BCUT2D eigenvalue weighted by molar-refractivity contribution is 0.0615. The fraction of sp³-hybridized carbons (Fsp3) is 0.462. The van der Waals surface area contributed by atoms with Crippen molar-refractivity contribution >= 4 is 5.91 Å². The Morgan fingerprint density at radius 3 is 2.35 bits per heavy atom. The van der Waals surface area contributed by atoms with Gasteiger partial charge in [-0.15, -0.1) is 0 Å². The summed E-state index contributed by atoms with van der Waals surface area (Å²) >= 11 is 0. The number of benzene rings is 1. The van der Waals surface area contributed by atoms with Gasteiger partial charge in [-0.3, -0.25) is 9.69 Å². The van der Waals surface area contributed by atoms with E-state index in [1.54, 1.807) is 0 Å². The Kier molecular flexibility index (Phi) is 4.12. The summed E-state index contributed by atoms with van der Waals surface area (Å²) in [7, 11) is 0. The highest BCUT2D eigenvalue weighted by Crippen LogP contribution is 2.08. The van der Waals surface area contributed by atoms with Crippen LogP contribution in [-0.4, -0.2) is 60.1 Å². The Bertz CT molecular complexity index is 359. The number of hydrogen-bond acceptors (Lipinski definition) is 3. The molecule has 0 atom stereocenters. The first-order valence-electron chi connectivity index (χ1n) is 5.99. The molecule has 0 aromatic heterocycles. The van der Waals surface area contributed by atoms with Gasteiger partial charge in [-0.2, -0.15) is 0 Å². The third-order valence-electron chi connectivity index (χ3n) is 3.10. The van der Waals surface area contributed by atoms with Crippen molar-refractivity contribution in [3.05, 3.63) is 35.9 Å². The number of carbonyl (C=O) groups excluding carboxylic acids is 1. The zero-order chi connectivity index (χ0) is 12.1. The molecule has 1 heterocycles. The van der Waals surface area contributed by atoms with E-state index >= 15 is 0 Å². The molecule has 0 saturated carbocycles. The largest absolute Gasteiger partial charge is 0.395 e. The van der Waals surface area contributed by atoms with Crippen LogP contribution in [0.4, 0.5) is 0 Å². The van der Waals surface area contributed by atoms with Gasteiger partial charge in [0.2, 0.25) is 0 Å². The van der Waals surface area contributed by atoms with Gasteiger partial charge in [0.25, 0.3) is 5.91 Å². The lowest BCUT2D eigenvalue weighted by atomic mass is 10.2. The normalized spacial score (nSPS) is 17.1. The lowest BCUT2D eigenvalue weighted by Gasteiger charge is -2.34. The van der Waals surface area contributed by atoms with Gasteiger partial charge in [0.1, 0.15) is 0 Å². The number of carbonyl (C=O) groups is 1. The van der Waals surface area contributed by atoms with Crippen LogP contribution in [0.5, 0.6) is 0 Å². The van der Waals surface area contributed by atoms with E-state index in [4.69, 9.17) is 5.11 Å². The van der Waals surface area contributed by atoms with Crippen molar-refractivity contribution in [1.82, 2.24) is 9.80 Å². The molecule has 0 radical (unpaired) electrons. The summed E-state index contributed by atoms with van der Waals surface area (Å²) in [6, 6.07) is 9.38. The molecule has 1 N–H and O–H groups in total. The molecule has 2 rings (SSSR count). The maximum Gasteiger partial charge on any atom is 0.253 e. The van der Waals surface area contributed by atoms with Crippen molar-refractivity contribution in [3.8, 4) is 0 Å². The summed E-state index contributed by atoms with van der Waals surface area (Å²) in [5, 5.41) is 8.85. The van der Waals surface area contributed by atoms with Gasteiger partial charge >= 0.3 is 0 Å². The fourth-order valence-electron chi connectivity index (χ4n) is 2.08. The third kappa shape index (κ3) is 3.05. The van der Waals surface area contributed by atoms with Gasteiger partial charge < -0.3 is 10.0 Å². The number of amides is 1. The highest BCUT2D eigenvalue weighted by molar-refractivity contribution is 5.94. The van der Waals surface area contributed by atoms with Gasteiger partial charge in [-0.05, 0) is 12.1 Å². The second-order valence-electron chi connectivity index (χ2n) is 4.22. The molecule has 0 aliphatic carbocycles. The van der Waals surface area contributed by atoms with Crippen LogP contribution in [0.25, 0.3) is 0 Å². The number of β-amino-alcohol motifs (C(OH)–C–C–N with tert-alkyl or cyclic N) is 1. The first-order valence-corrected chi connectivity index (χ1v) is 5.99. The van der Waals surface area contributed by atoms with Crippen LogP contribution in [-0.2, 0) is 0 Å². The molecular formula is C13H18N2O2. The van der Waals surface area contributed by atoms with Crippen LogP contribution >= 0.6 is 0 Å². The maximum absolute atomic E-state index is 12.1. The average molecular weight is 234 g/mol. The minimum atomic E-state index is 0.106. The third-order valence-corrected chi connectivity index (χ3v) is 3.10. The van der Waals surface area contributed by atoms with Crippen LogP contribution in [0.1, 0.15) is 10.4 Å². The van der Waals surface area contributed by atoms with Crippen molar-refractivity contribution in [2.24, 2.45) is 0 Å². The molecule has 92 valence electrons. The predicted molar refractivity (Wildman–Crippen MR) is 65.9 cm³/mol. The number of aliphatic hydroxyl groups is 1. The Morgan fingerprint density at radius 2 is 1.76 bits per heavy atom. The topological polar surface area (TPSA) is 43.8 Å². The number of piperazine rings is 1. The van der Waals surface area contributed by atoms with E-state index in [9.17, 15) is 4.79 Å². The van der Waals surface area contributed by atoms with Crippen molar-refractivity contribution in [3.63, 3.8) is 0 Å². The van der Waals surface area contributed by atoms with Crippen LogP contribution in [0.2, 0.25) is 0 Å². The zero-order valence-electron chi connectivity index (χ0n) is 9.88. The first kappa shape index (κ1) is 12.1. The summed E-state index contributed by atoms with van der Waals surface area (Å²) in [6.45, 7) is 4.07. The van der Waals surface area contributed by atoms with E-state index in [1.165, 1.54) is 0 Å². The molecule has 0 spiro atoms. The predicted octanol–water partition coefficient (Wildman–Crippen LogP) is 0.437. The molecule has 1 aromatic carbocycles. The second kappa shape index (κ2) is 5.80. The Morgan fingerprint density at radius 1 is 1.12 bits per heavy atom. The zero-order valence-corrected chi connectivity index (χ0v) is 9.88. The molecule has 4 nitrogen and oxygen atoms in total. The van der Waals surface area contributed by atoms with Gasteiger partial charge in [0, 0.05) is 38.3 Å². The summed E-state index contributed by atoms with van der Waals surface area (Å²) in [4.78, 5) is 16.2. The Labute approximate surface area is 101 Å². The van der Waals surface area contributed by atoms with E-state index in [0.29, 0.717) is 6.54 Å². The fourth-order valence-corrected chi connectivity index (χ4v) is 2.08. The van der Waals surface area contributed by atoms with E-state index in [-0.39, 0.29) is 12.5 Å². The van der Waals surface area contributed by atoms with Crippen molar-refractivity contribution in [2.45, 2.75) is 0 Å². The Hall–Kier alpha value is -1.39. The highest BCUT2D eigenvalue weighted by Gasteiger charge is 2.21. The smallest absolute Gasteiger partial charge is 0.253 e. The minimum Gasteiger partial charge on any atom is -0.395 e. The van der Waals surface area contributed by atoms with Crippen LogP contribution in [0, 0.1) is 0 Å². The van der Waals surface area contributed by atoms with Crippen molar-refractivity contribution < 1.29 is 9.90 Å². The average Bonchev–Trinajstić information content (AvgIpc) is 2.40.